The molecular formula is C11H10N4O2. The van der Waals surface area contributed by atoms with Gasteiger partial charge in [0.25, 0.3) is 0 Å². The fourth-order valence-electron chi connectivity index (χ4n) is 1.55. The van der Waals surface area contributed by atoms with Crippen molar-refractivity contribution in [1.29, 1.82) is 0 Å². The second-order valence-corrected chi connectivity index (χ2v) is 4.02. The van der Waals surface area contributed by atoms with Gasteiger partial charge in [-0.3, -0.25) is 4.79 Å². The molecule has 1 saturated carbocycles. The number of carbonyl (C=O) groups excluding carboxylic acids is 1. The number of carbonyl (C=O) groups is 1. The van der Waals surface area contributed by atoms with Gasteiger partial charge in [-0.25, -0.2) is 9.97 Å². The maximum atomic E-state index is 11.6. The fourth-order valence-corrected chi connectivity index (χ4v) is 1.55. The lowest BCUT2D eigenvalue weighted by Gasteiger charge is -1.91. The topological polar surface area (TPSA) is 81.8 Å². The fraction of sp³-hybridized carbons (Fsp3) is 0.364. The molecule has 0 atom stereocenters. The molecule has 86 valence electrons. The summed E-state index contributed by atoms with van der Waals surface area (Å²) in [6, 6.07) is 1.69. The zero-order valence-electron chi connectivity index (χ0n) is 9.04. The lowest BCUT2D eigenvalue weighted by atomic mass is 10.2. The van der Waals surface area contributed by atoms with Gasteiger partial charge in [0.2, 0.25) is 11.7 Å². The van der Waals surface area contributed by atoms with Gasteiger partial charge in [0.15, 0.2) is 0 Å². The molecule has 0 bridgehead atoms. The molecule has 6 nitrogen and oxygen atoms in total. The molecule has 17 heavy (non-hydrogen) atoms. The van der Waals surface area contributed by atoms with Crippen LogP contribution in [-0.2, 0) is 11.2 Å². The zero-order valence-corrected chi connectivity index (χ0v) is 9.04. The minimum atomic E-state index is 0.183. The average molecular weight is 230 g/mol. The highest BCUT2D eigenvalue weighted by Gasteiger charge is 2.30. The van der Waals surface area contributed by atoms with E-state index in [9.17, 15) is 4.79 Å². The standard InChI is InChI=1S/C11H10N4O2/c16-9(7-1-2-7)5-10-14-11(15-17-10)8-3-4-12-6-13-8/h3-4,6-7H,1-2,5H2. The molecule has 0 radical (unpaired) electrons. The zero-order chi connectivity index (χ0) is 11.7. The summed E-state index contributed by atoms with van der Waals surface area (Å²) in [5, 5.41) is 3.79. The van der Waals surface area contributed by atoms with Crippen molar-refractivity contribution in [3.63, 3.8) is 0 Å². The number of nitrogens with zero attached hydrogens (tertiary/aromatic N) is 4. The molecule has 1 aliphatic rings. The number of hydrogen-bond acceptors (Lipinski definition) is 6. The maximum Gasteiger partial charge on any atom is 0.234 e. The number of ketones is 1. The van der Waals surface area contributed by atoms with Crippen molar-refractivity contribution in [3.8, 4) is 11.5 Å². The molecule has 6 heteroatoms. The lowest BCUT2D eigenvalue weighted by molar-refractivity contribution is -0.119. The van der Waals surface area contributed by atoms with E-state index < -0.39 is 0 Å². The van der Waals surface area contributed by atoms with Gasteiger partial charge in [-0.15, -0.1) is 0 Å². The molecule has 3 rings (SSSR count). The van der Waals surface area contributed by atoms with Crippen molar-refractivity contribution in [2.24, 2.45) is 5.92 Å². The van der Waals surface area contributed by atoms with Crippen molar-refractivity contribution in [1.82, 2.24) is 20.1 Å². The SMILES string of the molecule is O=C(Cc1nc(-c2ccncn2)no1)C1CC1. The van der Waals surface area contributed by atoms with Gasteiger partial charge < -0.3 is 4.52 Å². The average Bonchev–Trinajstić information content (AvgIpc) is 3.12. The van der Waals surface area contributed by atoms with Crippen LogP contribution >= 0.6 is 0 Å². The van der Waals surface area contributed by atoms with Crippen LogP contribution in [0.1, 0.15) is 18.7 Å². The first-order chi connectivity index (χ1) is 8.33. The summed E-state index contributed by atoms with van der Waals surface area (Å²) < 4.78 is 5.03. The van der Waals surface area contributed by atoms with Crippen LogP contribution in [0.5, 0.6) is 0 Å². The second-order valence-electron chi connectivity index (χ2n) is 4.02. The normalized spacial score (nSPS) is 14.8. The van der Waals surface area contributed by atoms with Crippen molar-refractivity contribution in [3.05, 3.63) is 24.5 Å². The van der Waals surface area contributed by atoms with Crippen LogP contribution in [0.2, 0.25) is 0 Å². The molecule has 0 aliphatic heterocycles. The van der Waals surface area contributed by atoms with Crippen molar-refractivity contribution in [2.45, 2.75) is 19.3 Å². The predicted molar refractivity (Wildman–Crippen MR) is 56.8 cm³/mol. The third kappa shape index (κ3) is 2.20. The first-order valence-corrected chi connectivity index (χ1v) is 5.44. The smallest absolute Gasteiger partial charge is 0.234 e. The van der Waals surface area contributed by atoms with Gasteiger partial charge in [0.1, 0.15) is 17.8 Å². The van der Waals surface area contributed by atoms with E-state index in [1.807, 2.05) is 0 Å². The maximum absolute atomic E-state index is 11.6. The molecular weight excluding hydrogens is 220 g/mol. The minimum absolute atomic E-state index is 0.183. The van der Waals surface area contributed by atoms with Crippen molar-refractivity contribution < 1.29 is 9.32 Å². The molecule has 2 heterocycles. The van der Waals surface area contributed by atoms with E-state index in [1.54, 1.807) is 12.3 Å². The Bertz CT molecular complexity index is 533. The summed E-state index contributed by atoms with van der Waals surface area (Å²) in [5.74, 6) is 1.15. The molecule has 2 aromatic heterocycles. The van der Waals surface area contributed by atoms with Gasteiger partial charge in [-0.2, -0.15) is 4.98 Å². The summed E-state index contributed by atoms with van der Waals surface area (Å²) in [6.45, 7) is 0. The second kappa shape index (κ2) is 4.04. The summed E-state index contributed by atoms with van der Waals surface area (Å²) in [4.78, 5) is 23.5. The number of hydrogen-bond donors (Lipinski definition) is 0. The van der Waals surface area contributed by atoms with Gasteiger partial charge in [-0.1, -0.05) is 5.16 Å². The van der Waals surface area contributed by atoms with E-state index in [-0.39, 0.29) is 18.1 Å². The molecule has 2 aromatic rings. The van der Waals surface area contributed by atoms with Crippen LogP contribution in [-0.4, -0.2) is 25.9 Å². The molecule has 1 aliphatic carbocycles. The summed E-state index contributed by atoms with van der Waals surface area (Å²) in [7, 11) is 0. The van der Waals surface area contributed by atoms with Crippen LogP contribution in [0.4, 0.5) is 0 Å². The van der Waals surface area contributed by atoms with Gasteiger partial charge in [0, 0.05) is 12.1 Å². The van der Waals surface area contributed by atoms with Crippen LogP contribution in [0.15, 0.2) is 23.1 Å². The highest BCUT2D eigenvalue weighted by molar-refractivity contribution is 5.84. The minimum Gasteiger partial charge on any atom is -0.338 e. The Balaban J connectivity index is 1.76. The first kappa shape index (κ1) is 10.1. The largest absolute Gasteiger partial charge is 0.338 e. The monoisotopic (exact) mass is 230 g/mol. The molecule has 0 amide bonds. The first-order valence-electron chi connectivity index (χ1n) is 5.44. The number of Topliss-reactive ketones (excluding diaryl/α,β-unsaturated/α-hetero) is 1. The highest BCUT2D eigenvalue weighted by Crippen LogP contribution is 2.30. The van der Waals surface area contributed by atoms with E-state index in [0.717, 1.165) is 12.8 Å². The Morgan fingerprint density at radius 3 is 3.06 bits per heavy atom. The van der Waals surface area contributed by atoms with Crippen LogP contribution in [0, 0.1) is 5.92 Å². The van der Waals surface area contributed by atoms with E-state index in [2.05, 4.69) is 20.1 Å². The lowest BCUT2D eigenvalue weighted by Crippen LogP contribution is -2.04. The molecule has 1 fully saturated rings. The van der Waals surface area contributed by atoms with Crippen LogP contribution in [0.3, 0.4) is 0 Å². The highest BCUT2D eigenvalue weighted by atomic mass is 16.5. The van der Waals surface area contributed by atoms with Crippen molar-refractivity contribution >= 4 is 5.78 Å². The van der Waals surface area contributed by atoms with E-state index in [4.69, 9.17) is 4.52 Å². The Morgan fingerprint density at radius 2 is 2.35 bits per heavy atom. The summed E-state index contributed by atoms with van der Waals surface area (Å²) in [6.07, 6.45) is 5.23. The number of aromatic nitrogens is 4. The third-order valence-corrected chi connectivity index (χ3v) is 2.64. The van der Waals surface area contributed by atoms with E-state index >= 15 is 0 Å². The molecule has 0 aromatic carbocycles. The van der Waals surface area contributed by atoms with Gasteiger partial charge in [-0.05, 0) is 18.9 Å². The van der Waals surface area contributed by atoms with Gasteiger partial charge in [0.05, 0.1) is 6.42 Å². The van der Waals surface area contributed by atoms with Crippen LogP contribution < -0.4 is 0 Å². The van der Waals surface area contributed by atoms with E-state index in [0.29, 0.717) is 17.4 Å². The molecule has 0 unspecified atom stereocenters. The third-order valence-electron chi connectivity index (χ3n) is 2.64. The molecule has 0 saturated heterocycles. The van der Waals surface area contributed by atoms with Crippen molar-refractivity contribution in [2.75, 3.05) is 0 Å². The van der Waals surface area contributed by atoms with E-state index in [1.165, 1.54) is 6.33 Å². The number of rotatable bonds is 4. The summed E-state index contributed by atoms with van der Waals surface area (Å²) >= 11 is 0. The Hall–Kier alpha value is -2.11. The Kier molecular flexibility index (Phi) is 2.40. The predicted octanol–water partition coefficient (Wildman–Crippen LogP) is 1.05. The molecule has 0 N–H and O–H groups in total. The van der Waals surface area contributed by atoms with Crippen LogP contribution in [0.25, 0.3) is 11.5 Å². The Morgan fingerprint density at radius 1 is 1.47 bits per heavy atom. The van der Waals surface area contributed by atoms with Gasteiger partial charge >= 0.3 is 0 Å². The summed E-state index contributed by atoms with van der Waals surface area (Å²) in [5.41, 5.74) is 0.592. The molecule has 0 spiro atoms. The Labute approximate surface area is 97.1 Å². The quantitative estimate of drug-likeness (QED) is 0.780.